The van der Waals surface area contributed by atoms with Crippen LogP contribution in [0.5, 0.6) is 0 Å². The molecule has 10 aliphatic heterocycles. The molecular formula is C75H142F3N15O4. The van der Waals surface area contributed by atoms with Crippen molar-refractivity contribution in [2.24, 2.45) is 4.99 Å². The number of H-pyrrole nitrogens is 3. The topological polar surface area (TPSA) is 183 Å². The second-order valence-corrected chi connectivity index (χ2v) is 27.7. The first-order valence-corrected chi connectivity index (χ1v) is 35.7. The lowest BCUT2D eigenvalue weighted by molar-refractivity contribution is 0.181. The number of aliphatic imine (C=N–C) groups is 1. The number of rotatable bonds is 0. The summed E-state index contributed by atoms with van der Waals surface area (Å²) in [6.45, 7) is 30.6. The highest BCUT2D eigenvalue weighted by Crippen LogP contribution is 2.12. The summed E-state index contributed by atoms with van der Waals surface area (Å²) in [6, 6.07) is 11.0. The van der Waals surface area contributed by atoms with Crippen LogP contribution in [-0.2, 0) is 0 Å². The zero-order valence-electron chi connectivity index (χ0n) is 62.8. The number of hydrogen-bond donors (Lipinski definition) is 6. The van der Waals surface area contributed by atoms with Crippen molar-refractivity contribution in [3.63, 3.8) is 0 Å². The first kappa shape index (κ1) is 92.6. The lowest BCUT2D eigenvalue weighted by Crippen LogP contribution is -2.42. The minimum Gasteiger partial charge on any atom is -0.392 e. The Morgan fingerprint density at radius 1 is 0.433 bits per heavy atom. The molecular weight excluding hydrogens is 1230 g/mol. The van der Waals surface area contributed by atoms with Crippen LogP contribution in [0.25, 0.3) is 0 Å². The Labute approximate surface area is 588 Å². The molecule has 22 heteroatoms. The van der Waals surface area contributed by atoms with Crippen LogP contribution in [0.4, 0.5) is 13.2 Å². The van der Waals surface area contributed by atoms with Gasteiger partial charge in [-0.1, -0.05) is 56.2 Å². The molecule has 6 atom stereocenters. The Hall–Kier alpha value is -4.40. The smallest absolute Gasteiger partial charge is 0.248 e. The lowest BCUT2D eigenvalue weighted by atomic mass is 10.1. The normalized spacial score (nSPS) is 24.8. The van der Waals surface area contributed by atoms with E-state index in [1.54, 1.807) is 12.3 Å². The average Bonchev–Trinajstić information content (AvgIpc) is 2.86. The van der Waals surface area contributed by atoms with Gasteiger partial charge >= 0.3 is 0 Å². The minimum atomic E-state index is -0.551. The van der Waals surface area contributed by atoms with Gasteiger partial charge in [-0.2, -0.15) is 5.10 Å². The van der Waals surface area contributed by atoms with Gasteiger partial charge in [0, 0.05) is 159 Å². The number of nitrogens with zero attached hydrogens (tertiary/aromatic N) is 12. The van der Waals surface area contributed by atoms with E-state index in [4.69, 9.17) is 15.3 Å². The molecule has 11 aliphatic rings. The fourth-order valence-corrected chi connectivity index (χ4v) is 10.7. The van der Waals surface area contributed by atoms with Crippen molar-refractivity contribution >= 4 is 6.21 Å². The van der Waals surface area contributed by atoms with E-state index in [0.717, 1.165) is 127 Å². The molecule has 0 saturated carbocycles. The fourth-order valence-electron chi connectivity index (χ4n) is 10.7. The zero-order valence-corrected chi connectivity index (χ0v) is 62.8. The quantitative estimate of drug-likeness (QED) is 0.125. The summed E-state index contributed by atoms with van der Waals surface area (Å²) in [5.41, 5.74) is 5.73. The van der Waals surface area contributed by atoms with Crippen molar-refractivity contribution in [1.29, 1.82) is 0 Å². The van der Waals surface area contributed by atoms with E-state index in [-0.39, 0.29) is 31.3 Å². The highest BCUT2D eigenvalue weighted by atomic mass is 19.1. The van der Waals surface area contributed by atoms with Crippen LogP contribution in [0.1, 0.15) is 128 Å². The molecule has 0 radical (unpaired) electrons. The van der Waals surface area contributed by atoms with Crippen LogP contribution in [0.15, 0.2) is 94.2 Å². The van der Waals surface area contributed by atoms with Crippen molar-refractivity contribution in [3.05, 3.63) is 112 Å². The first-order chi connectivity index (χ1) is 45.7. The predicted molar refractivity (Wildman–Crippen MR) is 405 cm³/mol. The molecule has 9 fully saturated rings. The molecule has 562 valence electrons. The Balaban J connectivity index is 0.00000102. The Morgan fingerprint density at radius 2 is 0.825 bits per heavy atom. The number of nitrogens with one attached hydrogen (secondary N) is 3. The Bertz CT molecular complexity index is 2140. The maximum atomic E-state index is 12.1. The first-order valence-electron chi connectivity index (χ1n) is 35.7. The van der Waals surface area contributed by atoms with Gasteiger partial charge in [0.15, 0.2) is 0 Å². The molecule has 6 N–H and O–H groups in total. The molecule has 0 aromatic carbocycles. The van der Waals surface area contributed by atoms with E-state index in [1.807, 2.05) is 121 Å². The summed E-state index contributed by atoms with van der Waals surface area (Å²) in [4.78, 5) is 41.9. The summed E-state index contributed by atoms with van der Waals surface area (Å²) >= 11 is 0. The summed E-state index contributed by atoms with van der Waals surface area (Å²) < 4.78 is 36.4. The molecule has 9 saturated heterocycles. The number of pyridine rings is 1. The monoisotopic (exact) mass is 1370 g/mol. The number of aliphatic hydroxyl groups excluding tert-OH is 3. The molecule has 0 amide bonds. The molecule has 13 heterocycles. The number of aromatic amines is 3. The summed E-state index contributed by atoms with van der Waals surface area (Å²) in [5.74, 6) is 0. The largest absolute Gasteiger partial charge is 0.392 e. The van der Waals surface area contributed by atoms with Gasteiger partial charge in [-0.3, -0.25) is 14.9 Å². The highest BCUT2D eigenvalue weighted by molar-refractivity contribution is 5.64. The number of β-amino-alcohol motifs (C(OH)–C–C–N with tert-alkyl or cyclic N) is 3. The number of halogens is 3. The SMILES string of the molecule is C.CC1=CCC=C1.CC1=CCC=N1.CN1CCC(F)C1.CN1CCC(O)C1.CN1CCCCC1.CN1CCCCC1.CN1CCN(C)CC1.CN1CC[C@@H](F)C1.CN1CC[C@@H](O)C1.CN1CC[C@H](F)C1.CN1CC[C@H](O)C1.Cc1ccc[nH]1.Cc1cccc(=O)[nH]1.Cc1ccn[nH]1. The molecule has 97 heavy (non-hydrogen) atoms. The lowest BCUT2D eigenvalue weighted by Gasteiger charge is -2.28. The second kappa shape index (κ2) is 58.3. The van der Waals surface area contributed by atoms with Crippen molar-refractivity contribution in [1.82, 2.24) is 69.2 Å². The maximum absolute atomic E-state index is 12.1. The van der Waals surface area contributed by atoms with E-state index >= 15 is 0 Å². The van der Waals surface area contributed by atoms with Gasteiger partial charge in [0.05, 0.1) is 18.3 Å². The van der Waals surface area contributed by atoms with Crippen molar-refractivity contribution in [2.45, 2.75) is 169 Å². The van der Waals surface area contributed by atoms with E-state index in [2.05, 4.69) is 119 Å². The van der Waals surface area contributed by atoms with E-state index < -0.39 is 18.5 Å². The fraction of sp³-hybridized carbons (Fsp3) is 0.747. The minimum absolute atomic E-state index is 0. The summed E-state index contributed by atoms with van der Waals surface area (Å²) in [7, 11) is 20.6. The Kier molecular flexibility index (Phi) is 55.6. The number of aliphatic hydroxyl groups is 3. The number of likely N-dealkylation sites (N-methyl/N-ethyl adjacent to an activating group) is 5. The van der Waals surface area contributed by atoms with Crippen LogP contribution < -0.4 is 5.56 Å². The molecule has 2 unspecified atom stereocenters. The van der Waals surface area contributed by atoms with Crippen LogP contribution >= 0.6 is 0 Å². The molecule has 0 bridgehead atoms. The predicted octanol–water partition coefficient (Wildman–Crippen LogP) is 9.71. The van der Waals surface area contributed by atoms with Crippen LogP contribution in [0, 0.1) is 20.8 Å². The molecule has 3 aromatic heterocycles. The number of hydrogen-bond acceptors (Lipinski definition) is 16. The standard InChI is InChI=1S/C6H14N2.C6H7NO.2C6H13N.C6H8.3C5H10FN.3C5H11NO.2C5H7N.C4H6N2.CH4/c1-7-3-5-8(2)6-4-7;1-5-3-2-4-6(8)7-5;2*1-7-5-3-2-4-6-7;1-6-4-2-3-5-6;3*1-7-3-2-5(6)4-7;3*1-6-3-2-5(7)4-6;2*1-5-3-2-4-6-5;1-4-2-3-5-6-4;/h3-6H2,1-2H3;2-4H,1H3,(H,7,8);2*2-6H2,1H3;2,4-5H,3H2,1H3;3*5H,2-4H2,1H3;3*5,7H,2-4H2,1H3;3-4H,2H2,1H3;2-4,6H,1H3;2-3H,1H3,(H,5,6);1H4/t;;;;;2*5-;;2*5-;;;;;/m.....10.10...../s1. The number of aromatic nitrogens is 4. The number of allylic oxidation sites excluding steroid dienone is 6. The number of alkyl halides is 3. The van der Waals surface area contributed by atoms with Crippen LogP contribution in [0.2, 0.25) is 0 Å². The molecule has 1 aliphatic carbocycles. The van der Waals surface area contributed by atoms with Gasteiger partial charge in [0.1, 0.15) is 18.5 Å². The van der Waals surface area contributed by atoms with Crippen LogP contribution in [-0.4, -0.2) is 329 Å². The Morgan fingerprint density at radius 3 is 0.959 bits per heavy atom. The van der Waals surface area contributed by atoms with Gasteiger partial charge in [-0.05, 0) is 226 Å². The molecule has 19 nitrogen and oxygen atoms in total. The third-order valence-corrected chi connectivity index (χ3v) is 17.1. The van der Waals surface area contributed by atoms with Crippen LogP contribution in [0.3, 0.4) is 0 Å². The number of aryl methyl sites for hydroxylation is 3. The van der Waals surface area contributed by atoms with Crippen molar-refractivity contribution in [2.75, 3.05) is 201 Å². The number of likely N-dealkylation sites (tertiary alicyclic amines) is 8. The number of piperazine rings is 1. The van der Waals surface area contributed by atoms with Gasteiger partial charge in [0.2, 0.25) is 5.56 Å². The van der Waals surface area contributed by atoms with Gasteiger partial charge in [0.25, 0.3) is 0 Å². The maximum Gasteiger partial charge on any atom is 0.248 e. The average molecular weight is 1380 g/mol. The third kappa shape index (κ3) is 57.0. The molecule has 3 aromatic rings. The van der Waals surface area contributed by atoms with Gasteiger partial charge in [-0.25, -0.2) is 13.2 Å². The van der Waals surface area contributed by atoms with Crippen molar-refractivity contribution < 1.29 is 28.5 Å². The highest BCUT2D eigenvalue weighted by Gasteiger charge is 2.20. The zero-order chi connectivity index (χ0) is 71.5. The molecule has 14 rings (SSSR count). The third-order valence-electron chi connectivity index (χ3n) is 17.1. The van der Waals surface area contributed by atoms with E-state index in [1.165, 1.54) is 108 Å². The van der Waals surface area contributed by atoms with E-state index in [9.17, 15) is 18.0 Å². The van der Waals surface area contributed by atoms with Gasteiger partial charge in [-0.15, -0.1) is 0 Å². The summed E-state index contributed by atoms with van der Waals surface area (Å²) in [5, 5.41) is 33.0. The summed E-state index contributed by atoms with van der Waals surface area (Å²) in [6.07, 6.45) is 28.1. The number of piperidine rings is 2. The second-order valence-electron chi connectivity index (χ2n) is 27.7. The molecule has 0 spiro atoms. The van der Waals surface area contributed by atoms with Gasteiger partial charge < -0.3 is 74.3 Å². The van der Waals surface area contributed by atoms with Crippen molar-refractivity contribution in [3.8, 4) is 0 Å². The van der Waals surface area contributed by atoms with E-state index in [0.29, 0.717) is 19.6 Å².